The van der Waals surface area contributed by atoms with Crippen LogP contribution in [0, 0.1) is 0 Å². The molecule has 0 aliphatic heterocycles. The van der Waals surface area contributed by atoms with Crippen molar-refractivity contribution in [2.75, 3.05) is 0 Å². The fraction of sp³-hybridized carbons (Fsp3) is 0.500. The van der Waals surface area contributed by atoms with Crippen LogP contribution >= 0.6 is 0 Å². The molecule has 142 valence electrons. The molecule has 0 radical (unpaired) electrons. The average Bonchev–Trinajstić information content (AvgIpc) is 2.71. The summed E-state index contributed by atoms with van der Waals surface area (Å²) in [4.78, 5) is 0. The van der Waals surface area contributed by atoms with Crippen LogP contribution in [-0.2, 0) is 0 Å². The molecule has 0 aromatic heterocycles. The van der Waals surface area contributed by atoms with Gasteiger partial charge in [0, 0.05) is 0 Å². The van der Waals surface area contributed by atoms with E-state index in [-0.39, 0.29) is 0 Å². The highest BCUT2D eigenvalue weighted by molar-refractivity contribution is 4.99. The molecule has 0 fully saturated rings. The Morgan fingerprint density at radius 2 is 0.333 bits per heavy atom. The second kappa shape index (κ2) is 57.9. The van der Waals surface area contributed by atoms with Crippen molar-refractivity contribution in [3.05, 3.63) is 72.8 Å². The minimum Gasteiger partial charge on any atom is -0.0683 e. The zero-order valence-electron chi connectivity index (χ0n) is 18.3. The van der Waals surface area contributed by atoms with E-state index in [0.29, 0.717) is 0 Å². The van der Waals surface area contributed by atoms with Gasteiger partial charge in [-0.05, 0) is 0 Å². The number of benzene rings is 2. The Morgan fingerprint density at radius 3 is 0.375 bits per heavy atom. The molecular weight excluding hydrogens is 288 g/mol. The van der Waals surface area contributed by atoms with Gasteiger partial charge in [-0.3, -0.25) is 0 Å². The Kier molecular flexibility index (Phi) is 81.8. The second-order valence-corrected chi connectivity index (χ2v) is 3.72. The first-order chi connectivity index (χ1) is 11.8. The van der Waals surface area contributed by atoms with Crippen LogP contribution in [0.5, 0.6) is 0 Å². The third-order valence-electron chi connectivity index (χ3n) is 1.33. The van der Waals surface area contributed by atoms with Crippen LogP contribution in [0.1, 0.15) is 82.1 Å². The van der Waals surface area contributed by atoms with Crippen molar-refractivity contribution >= 4 is 0 Å². The van der Waals surface area contributed by atoms with Crippen molar-refractivity contribution in [1.29, 1.82) is 0 Å². The van der Waals surface area contributed by atoms with Crippen molar-refractivity contribution in [1.82, 2.24) is 0 Å². The average molecular weight is 335 g/mol. The predicted octanol–water partition coefficient (Wildman–Crippen LogP) is 9.28. The summed E-state index contributed by atoms with van der Waals surface area (Å²) < 4.78 is 0. The molecular formula is C24H46. The van der Waals surface area contributed by atoms with E-state index in [1.54, 1.807) is 0 Å². The molecule has 0 saturated heterocycles. The van der Waals surface area contributed by atoms with Crippen molar-refractivity contribution in [3.8, 4) is 0 Å². The lowest BCUT2D eigenvalue weighted by molar-refractivity contribution is 1.09. The molecule has 0 aliphatic rings. The topological polar surface area (TPSA) is 0 Å². The molecule has 0 unspecified atom stereocenters. The van der Waals surface area contributed by atoms with E-state index in [4.69, 9.17) is 0 Å². The Hall–Kier alpha value is -1.56. The van der Waals surface area contributed by atoms with E-state index < -0.39 is 0 Å². The summed E-state index contributed by atoms with van der Waals surface area (Å²) in [6.07, 6.45) is 2.50. The minimum atomic E-state index is 1.25. The van der Waals surface area contributed by atoms with E-state index in [9.17, 15) is 0 Å². The monoisotopic (exact) mass is 334 g/mol. The first-order valence-electron chi connectivity index (χ1n) is 9.83. The van der Waals surface area contributed by atoms with Gasteiger partial charge in [-0.25, -0.2) is 0 Å². The molecule has 0 saturated carbocycles. The number of hydrogen-bond acceptors (Lipinski definition) is 0. The van der Waals surface area contributed by atoms with Crippen LogP contribution in [0.3, 0.4) is 0 Å². The summed E-state index contributed by atoms with van der Waals surface area (Å²) in [7, 11) is 0. The van der Waals surface area contributed by atoms with Crippen LogP contribution in [0.15, 0.2) is 72.8 Å². The summed E-state index contributed by atoms with van der Waals surface area (Å²) in [6, 6.07) is 24.0. The summed E-state index contributed by atoms with van der Waals surface area (Å²) in [5.41, 5.74) is 0. The maximum Gasteiger partial charge on any atom is -0.0590 e. The van der Waals surface area contributed by atoms with Crippen molar-refractivity contribution < 1.29 is 0 Å². The van der Waals surface area contributed by atoms with Gasteiger partial charge in [-0.1, -0.05) is 155 Å². The molecule has 0 bridgehead atoms. The van der Waals surface area contributed by atoms with Crippen molar-refractivity contribution in [2.24, 2.45) is 0 Å². The van der Waals surface area contributed by atoms with E-state index in [1.165, 1.54) is 12.8 Å². The van der Waals surface area contributed by atoms with E-state index in [1.807, 2.05) is 114 Å². The Morgan fingerprint density at radius 1 is 0.292 bits per heavy atom. The van der Waals surface area contributed by atoms with E-state index >= 15 is 0 Å². The Bertz CT molecular complexity index is 199. The third-order valence-corrected chi connectivity index (χ3v) is 1.33. The lowest BCUT2D eigenvalue weighted by Crippen LogP contribution is -1.47. The fourth-order valence-corrected chi connectivity index (χ4v) is 0.770. The normalized spacial score (nSPS) is 6.25. The molecule has 0 heteroatoms. The Balaban J connectivity index is -0.0000000629. The van der Waals surface area contributed by atoms with Gasteiger partial charge in [0.25, 0.3) is 0 Å². The van der Waals surface area contributed by atoms with Crippen LogP contribution in [-0.4, -0.2) is 0 Å². The molecule has 0 nitrogen and oxygen atoms in total. The molecule has 0 spiro atoms. The van der Waals surface area contributed by atoms with Crippen LogP contribution in [0.2, 0.25) is 0 Å². The smallest absolute Gasteiger partial charge is 0.0590 e. The first-order valence-corrected chi connectivity index (χ1v) is 9.83. The number of rotatable bonds is 0. The zero-order valence-corrected chi connectivity index (χ0v) is 18.3. The van der Waals surface area contributed by atoms with Gasteiger partial charge < -0.3 is 0 Å². The number of hydrogen-bond donors (Lipinski definition) is 0. The second-order valence-electron chi connectivity index (χ2n) is 3.72. The molecule has 0 amide bonds. The summed E-state index contributed by atoms with van der Waals surface area (Å²) >= 11 is 0. The largest absolute Gasteiger partial charge is 0.0683 e. The minimum absolute atomic E-state index is 1.25. The molecule has 2 rings (SSSR count). The summed E-state index contributed by atoms with van der Waals surface area (Å²) in [5.74, 6) is 0. The molecule has 0 heterocycles. The quantitative estimate of drug-likeness (QED) is 0.450. The van der Waals surface area contributed by atoms with Gasteiger partial charge in [0.2, 0.25) is 0 Å². The van der Waals surface area contributed by atoms with Gasteiger partial charge >= 0.3 is 0 Å². The van der Waals surface area contributed by atoms with Gasteiger partial charge in [-0.15, -0.1) is 0 Å². The zero-order chi connectivity index (χ0) is 19.9. The molecule has 0 atom stereocenters. The van der Waals surface area contributed by atoms with E-state index in [2.05, 4.69) is 27.7 Å². The molecule has 0 aliphatic carbocycles. The lowest BCUT2D eigenvalue weighted by Gasteiger charge is -1.69. The highest BCUT2D eigenvalue weighted by Gasteiger charge is 1.58. The first kappa shape index (κ1) is 33.9. The predicted molar refractivity (Wildman–Crippen MR) is 119 cm³/mol. The standard InChI is InChI=1S/2C6H6.2C3H8.3C2H6/c2*1-2-4-6-5-3-1;2*1-3-2;3*1-2/h2*1-6H;2*3H2,1-2H3;3*1-2H3. The van der Waals surface area contributed by atoms with Crippen molar-refractivity contribution in [3.63, 3.8) is 0 Å². The van der Waals surface area contributed by atoms with Gasteiger partial charge in [0.1, 0.15) is 0 Å². The maximum absolute atomic E-state index is 2.12. The lowest BCUT2D eigenvalue weighted by atomic mass is 10.4. The Labute approximate surface area is 155 Å². The molecule has 24 heavy (non-hydrogen) atoms. The van der Waals surface area contributed by atoms with Crippen LogP contribution in [0.25, 0.3) is 0 Å². The van der Waals surface area contributed by atoms with Gasteiger partial charge in [0.05, 0.1) is 0 Å². The molecule has 2 aromatic rings. The van der Waals surface area contributed by atoms with Crippen LogP contribution in [0.4, 0.5) is 0 Å². The molecule has 0 N–H and O–H groups in total. The highest BCUT2D eigenvalue weighted by Crippen LogP contribution is 1.80. The van der Waals surface area contributed by atoms with Gasteiger partial charge in [-0.2, -0.15) is 0 Å². The summed E-state index contributed by atoms with van der Waals surface area (Å²) in [6.45, 7) is 20.5. The SMILES string of the molecule is CC.CC.CC.CCC.CCC.c1ccccc1.c1ccccc1. The fourth-order valence-electron chi connectivity index (χ4n) is 0.770. The highest BCUT2D eigenvalue weighted by atomic mass is 13.7. The van der Waals surface area contributed by atoms with E-state index in [0.717, 1.165) is 0 Å². The van der Waals surface area contributed by atoms with Crippen LogP contribution < -0.4 is 0 Å². The molecule has 2 aromatic carbocycles. The van der Waals surface area contributed by atoms with Gasteiger partial charge in [0.15, 0.2) is 0 Å². The van der Waals surface area contributed by atoms with Crippen molar-refractivity contribution in [2.45, 2.75) is 82.1 Å². The summed E-state index contributed by atoms with van der Waals surface area (Å²) in [5, 5.41) is 0. The maximum atomic E-state index is 2.12. The third kappa shape index (κ3) is 70.9.